The van der Waals surface area contributed by atoms with Gasteiger partial charge < -0.3 is 20.4 Å². The van der Waals surface area contributed by atoms with Crippen molar-refractivity contribution in [1.29, 1.82) is 0 Å². The maximum absolute atomic E-state index is 13.1. The van der Waals surface area contributed by atoms with Crippen molar-refractivity contribution in [3.63, 3.8) is 0 Å². The van der Waals surface area contributed by atoms with E-state index in [0.717, 1.165) is 37.7 Å². The van der Waals surface area contributed by atoms with E-state index in [1.54, 1.807) is 19.1 Å². The van der Waals surface area contributed by atoms with E-state index in [9.17, 15) is 9.18 Å². The van der Waals surface area contributed by atoms with Crippen LogP contribution in [0.2, 0.25) is 0 Å². The summed E-state index contributed by atoms with van der Waals surface area (Å²) in [5.41, 5.74) is 1.66. The molecule has 3 heterocycles. The van der Waals surface area contributed by atoms with Crippen molar-refractivity contribution in [3.05, 3.63) is 35.9 Å². The van der Waals surface area contributed by atoms with E-state index in [1.165, 1.54) is 12.1 Å². The van der Waals surface area contributed by atoms with Crippen molar-refractivity contribution < 1.29 is 9.18 Å². The average Bonchev–Trinajstić information content (AvgIpc) is 2.63. The topological polar surface area (TPSA) is 73.4 Å². The fourth-order valence-electron chi connectivity index (χ4n) is 3.34. The van der Waals surface area contributed by atoms with E-state index in [4.69, 9.17) is 0 Å². The molecule has 1 unspecified atom stereocenters. The number of carbonyl (C=O) groups is 1. The SMILES string of the molecule is Cc1nc2c(c(N3CCN(c4ccc(F)cc4)CC3)n1)NC(=O)C(C)N2. The third-order valence-corrected chi connectivity index (χ3v) is 4.77. The van der Waals surface area contributed by atoms with Gasteiger partial charge in [-0.3, -0.25) is 4.79 Å². The summed E-state index contributed by atoms with van der Waals surface area (Å²) in [6, 6.07) is 6.24. The minimum Gasteiger partial charge on any atom is -0.368 e. The summed E-state index contributed by atoms with van der Waals surface area (Å²) < 4.78 is 13.1. The molecule has 2 aromatic rings. The maximum Gasteiger partial charge on any atom is 0.246 e. The predicted octanol–water partition coefficient (Wildman–Crippen LogP) is 2.00. The van der Waals surface area contributed by atoms with Crippen molar-refractivity contribution in [1.82, 2.24) is 9.97 Å². The van der Waals surface area contributed by atoms with E-state index in [-0.39, 0.29) is 17.8 Å². The Kier molecular flexibility index (Phi) is 4.10. The molecule has 7 nitrogen and oxygen atoms in total. The normalized spacial score (nSPS) is 19.7. The molecule has 136 valence electrons. The molecule has 1 aromatic heterocycles. The van der Waals surface area contributed by atoms with Gasteiger partial charge in [0.2, 0.25) is 5.91 Å². The molecule has 8 heteroatoms. The van der Waals surface area contributed by atoms with Gasteiger partial charge in [-0.05, 0) is 38.1 Å². The van der Waals surface area contributed by atoms with Crippen LogP contribution in [0.4, 0.5) is 27.4 Å². The lowest BCUT2D eigenvalue weighted by Crippen LogP contribution is -2.47. The molecule has 1 aromatic carbocycles. The van der Waals surface area contributed by atoms with Crippen LogP contribution in [0, 0.1) is 12.7 Å². The highest BCUT2D eigenvalue weighted by Gasteiger charge is 2.29. The van der Waals surface area contributed by atoms with Gasteiger partial charge in [0.25, 0.3) is 0 Å². The smallest absolute Gasteiger partial charge is 0.246 e. The maximum atomic E-state index is 13.1. The average molecular weight is 356 g/mol. The number of benzene rings is 1. The number of piperazine rings is 1. The molecule has 1 atom stereocenters. The lowest BCUT2D eigenvalue weighted by atomic mass is 10.2. The van der Waals surface area contributed by atoms with Crippen LogP contribution in [-0.4, -0.2) is 48.1 Å². The number of aromatic nitrogens is 2. The first-order valence-corrected chi connectivity index (χ1v) is 8.73. The van der Waals surface area contributed by atoms with Gasteiger partial charge >= 0.3 is 0 Å². The summed E-state index contributed by atoms with van der Waals surface area (Å²) in [6.07, 6.45) is 0. The Morgan fingerprint density at radius 3 is 2.42 bits per heavy atom. The summed E-state index contributed by atoms with van der Waals surface area (Å²) in [5.74, 6) is 1.76. The first-order valence-electron chi connectivity index (χ1n) is 8.73. The zero-order valence-electron chi connectivity index (χ0n) is 14.8. The molecule has 4 rings (SSSR count). The lowest BCUT2D eigenvalue weighted by molar-refractivity contribution is -0.116. The van der Waals surface area contributed by atoms with Gasteiger partial charge in [-0.15, -0.1) is 0 Å². The van der Waals surface area contributed by atoms with Crippen LogP contribution in [-0.2, 0) is 4.79 Å². The molecule has 26 heavy (non-hydrogen) atoms. The van der Waals surface area contributed by atoms with Gasteiger partial charge in [-0.1, -0.05) is 0 Å². The third kappa shape index (κ3) is 3.02. The summed E-state index contributed by atoms with van der Waals surface area (Å²) >= 11 is 0. The highest BCUT2D eigenvalue weighted by molar-refractivity contribution is 6.04. The van der Waals surface area contributed by atoms with Gasteiger partial charge in [-0.25, -0.2) is 14.4 Å². The van der Waals surface area contributed by atoms with Crippen LogP contribution in [0.3, 0.4) is 0 Å². The van der Waals surface area contributed by atoms with Gasteiger partial charge in [0.05, 0.1) is 0 Å². The Morgan fingerprint density at radius 1 is 1.08 bits per heavy atom. The van der Waals surface area contributed by atoms with Crippen molar-refractivity contribution in [3.8, 4) is 0 Å². The molecular formula is C18H21FN6O. The van der Waals surface area contributed by atoms with E-state index >= 15 is 0 Å². The van der Waals surface area contributed by atoms with Gasteiger partial charge in [0.15, 0.2) is 11.6 Å². The molecular weight excluding hydrogens is 335 g/mol. The molecule has 0 spiro atoms. The van der Waals surface area contributed by atoms with E-state index in [1.807, 2.05) is 6.92 Å². The largest absolute Gasteiger partial charge is 0.368 e. The number of carbonyl (C=O) groups excluding carboxylic acids is 1. The fourth-order valence-corrected chi connectivity index (χ4v) is 3.34. The van der Waals surface area contributed by atoms with Crippen LogP contribution in [0.25, 0.3) is 0 Å². The number of aryl methyl sites for hydroxylation is 1. The van der Waals surface area contributed by atoms with E-state index in [2.05, 4.69) is 30.4 Å². The van der Waals surface area contributed by atoms with Gasteiger partial charge in [0.1, 0.15) is 23.4 Å². The fraction of sp³-hybridized carbons (Fsp3) is 0.389. The van der Waals surface area contributed by atoms with Crippen LogP contribution in [0.15, 0.2) is 24.3 Å². The van der Waals surface area contributed by atoms with Crippen molar-refractivity contribution in [2.24, 2.45) is 0 Å². The van der Waals surface area contributed by atoms with E-state index in [0.29, 0.717) is 17.3 Å². The second-order valence-electron chi connectivity index (χ2n) is 6.62. The molecule has 1 amide bonds. The van der Waals surface area contributed by atoms with Crippen LogP contribution in [0.5, 0.6) is 0 Å². The monoisotopic (exact) mass is 356 g/mol. The number of rotatable bonds is 2. The Balaban J connectivity index is 1.55. The second kappa shape index (κ2) is 6.44. The summed E-state index contributed by atoms with van der Waals surface area (Å²) in [6.45, 7) is 6.75. The standard InChI is InChI=1S/C18H21FN6O/c1-11-18(26)23-15-16(20-11)21-12(2)22-17(15)25-9-7-24(8-10-25)14-5-3-13(19)4-6-14/h3-6,11H,7-10H2,1-2H3,(H,23,26)(H,20,21,22). The van der Waals surface area contributed by atoms with Crippen LogP contribution in [0.1, 0.15) is 12.7 Å². The highest BCUT2D eigenvalue weighted by atomic mass is 19.1. The third-order valence-electron chi connectivity index (χ3n) is 4.77. The molecule has 2 aliphatic rings. The Hall–Kier alpha value is -2.90. The molecule has 0 aliphatic carbocycles. The van der Waals surface area contributed by atoms with Gasteiger partial charge in [0, 0.05) is 31.9 Å². The molecule has 2 aliphatic heterocycles. The summed E-state index contributed by atoms with van der Waals surface area (Å²) in [5, 5.41) is 6.06. The Morgan fingerprint density at radius 2 is 1.73 bits per heavy atom. The number of amides is 1. The first-order chi connectivity index (χ1) is 12.5. The number of halogens is 1. The zero-order valence-corrected chi connectivity index (χ0v) is 14.8. The van der Waals surface area contributed by atoms with Gasteiger partial charge in [-0.2, -0.15) is 0 Å². The number of fused-ring (bicyclic) bond motifs is 1. The minimum atomic E-state index is -0.319. The Labute approximate surface area is 151 Å². The second-order valence-corrected chi connectivity index (χ2v) is 6.62. The molecule has 0 bridgehead atoms. The molecule has 0 saturated carbocycles. The van der Waals surface area contributed by atoms with Crippen molar-refractivity contribution in [2.45, 2.75) is 19.9 Å². The van der Waals surface area contributed by atoms with Crippen LogP contribution < -0.4 is 20.4 Å². The number of hydrogen-bond donors (Lipinski definition) is 2. The van der Waals surface area contributed by atoms with E-state index < -0.39 is 0 Å². The summed E-state index contributed by atoms with van der Waals surface area (Å²) in [7, 11) is 0. The number of nitrogens with zero attached hydrogens (tertiary/aromatic N) is 4. The molecule has 2 N–H and O–H groups in total. The summed E-state index contributed by atoms with van der Waals surface area (Å²) in [4.78, 5) is 25.4. The van der Waals surface area contributed by atoms with Crippen molar-refractivity contribution >= 4 is 28.9 Å². The molecule has 1 fully saturated rings. The first kappa shape index (κ1) is 16.6. The number of hydrogen-bond acceptors (Lipinski definition) is 6. The minimum absolute atomic E-state index is 0.0869. The van der Waals surface area contributed by atoms with Crippen LogP contribution >= 0.6 is 0 Å². The molecule has 1 saturated heterocycles. The van der Waals surface area contributed by atoms with Crippen molar-refractivity contribution in [2.75, 3.05) is 46.6 Å². The Bertz CT molecular complexity index is 832. The number of nitrogens with one attached hydrogen (secondary N) is 2. The lowest BCUT2D eigenvalue weighted by Gasteiger charge is -2.38. The number of anilines is 4. The zero-order chi connectivity index (χ0) is 18.3. The molecule has 0 radical (unpaired) electrons. The quantitative estimate of drug-likeness (QED) is 0.858. The highest BCUT2D eigenvalue weighted by Crippen LogP contribution is 2.34. The predicted molar refractivity (Wildman–Crippen MR) is 99.3 cm³/mol.